The van der Waals surface area contributed by atoms with Crippen LogP contribution in [-0.2, 0) is 0 Å². The Morgan fingerprint density at radius 1 is 1.36 bits per heavy atom. The summed E-state index contributed by atoms with van der Waals surface area (Å²) in [7, 11) is 0. The predicted octanol–water partition coefficient (Wildman–Crippen LogP) is 4.01. The van der Waals surface area contributed by atoms with Crippen molar-refractivity contribution >= 4 is 0 Å². The van der Waals surface area contributed by atoms with Gasteiger partial charge in [-0.3, -0.25) is 0 Å². The maximum absolute atomic E-state index is 8.69. The quantitative estimate of drug-likeness (QED) is 0.553. The molecule has 3 aliphatic carbocycles. The third-order valence-corrected chi connectivity index (χ3v) is 2.24. The fraction of sp³-hybridized carbons (Fsp3) is 0.571. The van der Waals surface area contributed by atoms with Crippen molar-refractivity contribution in [3.8, 4) is 0 Å². The lowest BCUT2D eigenvalue weighted by molar-refractivity contribution is 0.363. The first-order valence-electron chi connectivity index (χ1n) is 11.0. The normalized spacial score (nSPS) is 82.9. The molecular formula is C14H18. The summed E-state index contributed by atoms with van der Waals surface area (Å²) in [6.45, 7) is 0. The van der Waals surface area contributed by atoms with Gasteiger partial charge in [-0.25, -0.2) is 0 Å². The molecular weight excluding hydrogens is 168 g/mol. The minimum absolute atomic E-state index is 0.175. The lowest BCUT2D eigenvalue weighted by Gasteiger charge is -2.35. The van der Waals surface area contributed by atoms with Gasteiger partial charge in [-0.1, -0.05) is 36.3 Å². The zero-order chi connectivity index (χ0) is 21.1. The minimum atomic E-state index is -3.59. The van der Waals surface area contributed by atoms with Gasteiger partial charge in [0.1, 0.15) is 0 Å². The molecule has 3 rings (SSSR count). The van der Waals surface area contributed by atoms with E-state index in [1.165, 1.54) is 18.2 Å². The Balaban J connectivity index is 2.50. The van der Waals surface area contributed by atoms with Gasteiger partial charge in [0, 0.05) is 17.8 Å². The summed E-state index contributed by atoms with van der Waals surface area (Å²) in [4.78, 5) is 0. The highest BCUT2D eigenvalue weighted by Gasteiger charge is 2.28. The third kappa shape index (κ3) is 1.37. The van der Waals surface area contributed by atoms with Crippen molar-refractivity contribution in [2.45, 2.75) is 38.3 Å². The van der Waals surface area contributed by atoms with Gasteiger partial charge in [-0.2, -0.15) is 0 Å². The molecule has 0 aliphatic heterocycles. The number of hydrogen-bond acceptors (Lipinski definition) is 0. The van der Waals surface area contributed by atoms with Crippen molar-refractivity contribution in [2.24, 2.45) is 11.8 Å². The van der Waals surface area contributed by atoms with Gasteiger partial charge in [0.25, 0.3) is 0 Å². The maximum Gasteiger partial charge on any atom is 0.0356 e. The maximum atomic E-state index is 8.69. The summed E-state index contributed by atoms with van der Waals surface area (Å²) in [5.41, 5.74) is -1.08. The zero-order valence-electron chi connectivity index (χ0n) is 20.4. The highest BCUT2D eigenvalue weighted by molar-refractivity contribution is 5.37. The molecule has 3 atom stereocenters. The fourth-order valence-corrected chi connectivity index (χ4v) is 1.56. The van der Waals surface area contributed by atoms with E-state index < -0.39 is 55.6 Å². The van der Waals surface area contributed by atoms with Gasteiger partial charge >= 0.3 is 0 Å². The molecule has 0 spiro atoms. The Labute approximate surface area is 105 Å². The van der Waals surface area contributed by atoms with Crippen molar-refractivity contribution in [3.05, 3.63) is 35.5 Å². The Bertz CT molecular complexity index is 789. The molecule has 3 unspecified atom stereocenters. The van der Waals surface area contributed by atoms with Crippen LogP contribution in [0.1, 0.15) is 56.1 Å². The standard InChI is InChI=1S/C14H18/c1-2-6-12-10-14-8-4-3-7-13(14)9-11(12)5-1/h1-2,5,9,12,14H,3-4,6-8,10H2/i3D2,4D2,6D,7D2,8D2,10D2,12D,14D. The van der Waals surface area contributed by atoms with Crippen LogP contribution >= 0.6 is 0 Å². The summed E-state index contributed by atoms with van der Waals surface area (Å²) in [5, 5.41) is 0. The van der Waals surface area contributed by atoms with E-state index in [0.717, 1.165) is 6.08 Å². The van der Waals surface area contributed by atoms with Crippen LogP contribution in [0, 0.1) is 11.8 Å². The van der Waals surface area contributed by atoms with Gasteiger partial charge in [-0.05, 0) is 49.2 Å². The van der Waals surface area contributed by atoms with Gasteiger partial charge < -0.3 is 0 Å². The molecule has 1 saturated carbocycles. The second-order valence-corrected chi connectivity index (χ2v) is 3.15. The Morgan fingerprint density at radius 3 is 3.36 bits per heavy atom. The predicted molar refractivity (Wildman–Crippen MR) is 60.0 cm³/mol. The molecule has 74 valence electrons. The SMILES string of the molecule is [2H]C1C=CC=C2C=C3C([2H])([2H])C([2H])([2H])C([2H])([2H])C([2H])([2H])C3([2H])C([2H])([2H])C21[2H]. The second-order valence-electron chi connectivity index (χ2n) is 3.15. The average molecular weight is 199 g/mol. The molecule has 0 amide bonds. The van der Waals surface area contributed by atoms with Crippen LogP contribution in [-0.4, -0.2) is 0 Å². The summed E-state index contributed by atoms with van der Waals surface area (Å²) in [5.74, 6) is -5.77. The van der Waals surface area contributed by atoms with Crippen LogP contribution in [0.25, 0.3) is 0 Å². The summed E-state index contributed by atoms with van der Waals surface area (Å²) in [6.07, 6.45) is -13.9. The Morgan fingerprint density at radius 2 is 2.36 bits per heavy atom. The third-order valence-electron chi connectivity index (χ3n) is 2.24. The first-order chi connectivity index (χ1) is 11.9. The molecule has 0 aromatic carbocycles. The van der Waals surface area contributed by atoms with Crippen LogP contribution in [0.3, 0.4) is 0 Å². The van der Waals surface area contributed by atoms with Gasteiger partial charge in [0.15, 0.2) is 0 Å². The van der Waals surface area contributed by atoms with E-state index in [0.29, 0.717) is 0 Å². The summed E-state index contributed by atoms with van der Waals surface area (Å²) >= 11 is 0. The van der Waals surface area contributed by atoms with Crippen LogP contribution in [0.4, 0.5) is 0 Å². The monoisotopic (exact) mass is 199 g/mol. The molecule has 0 bridgehead atoms. The number of allylic oxidation sites excluding steroid dienone is 6. The number of hydrogen-bond donors (Lipinski definition) is 0. The lowest BCUT2D eigenvalue weighted by atomic mass is 9.70. The van der Waals surface area contributed by atoms with E-state index in [9.17, 15) is 0 Å². The van der Waals surface area contributed by atoms with Crippen LogP contribution in [0.2, 0.25) is 0 Å². The highest BCUT2D eigenvalue weighted by atomic mass is 14.3. The molecule has 0 aromatic heterocycles. The van der Waals surface area contributed by atoms with Gasteiger partial charge in [0.05, 0.1) is 0 Å². The summed E-state index contributed by atoms with van der Waals surface area (Å²) < 4.78 is 107. The largest absolute Gasteiger partial charge is 0.0839 e. The lowest BCUT2D eigenvalue weighted by Crippen LogP contribution is -2.21. The first kappa shape index (κ1) is 2.48. The summed E-state index contributed by atoms with van der Waals surface area (Å²) in [6, 6.07) is 0. The highest BCUT2D eigenvalue weighted by Crippen LogP contribution is 2.42. The fourth-order valence-electron chi connectivity index (χ4n) is 1.56. The molecule has 3 aliphatic rings. The van der Waals surface area contributed by atoms with Crippen molar-refractivity contribution in [3.63, 3.8) is 0 Å². The van der Waals surface area contributed by atoms with E-state index in [1.807, 2.05) is 0 Å². The molecule has 0 heterocycles. The van der Waals surface area contributed by atoms with Crippen molar-refractivity contribution in [1.29, 1.82) is 0 Å². The number of fused-ring (bicyclic) bond motifs is 2. The Kier molecular flexibility index (Phi) is 0.605. The molecule has 0 nitrogen and oxygen atoms in total. The Hall–Kier alpha value is -0.780. The van der Waals surface area contributed by atoms with Crippen molar-refractivity contribution in [2.75, 3.05) is 0 Å². The molecule has 0 radical (unpaired) electrons. The minimum Gasteiger partial charge on any atom is -0.0839 e. The van der Waals surface area contributed by atoms with E-state index >= 15 is 0 Å². The smallest absolute Gasteiger partial charge is 0.0356 e. The number of rotatable bonds is 0. The van der Waals surface area contributed by atoms with Crippen LogP contribution < -0.4 is 0 Å². The molecule has 1 fully saturated rings. The molecule has 0 saturated heterocycles. The first-order valence-corrected chi connectivity index (χ1v) is 4.40. The van der Waals surface area contributed by atoms with Crippen molar-refractivity contribution in [1.82, 2.24) is 0 Å². The second kappa shape index (κ2) is 3.42. The van der Waals surface area contributed by atoms with Crippen molar-refractivity contribution < 1.29 is 17.8 Å². The van der Waals surface area contributed by atoms with Gasteiger partial charge in [-0.15, -0.1) is 0 Å². The molecule has 0 heteroatoms. The van der Waals surface area contributed by atoms with E-state index in [2.05, 4.69) is 0 Å². The molecule has 0 N–H and O–H groups in total. The molecule has 14 heavy (non-hydrogen) atoms. The molecule has 0 aromatic rings. The van der Waals surface area contributed by atoms with E-state index in [4.69, 9.17) is 17.8 Å². The van der Waals surface area contributed by atoms with Crippen LogP contribution in [0.5, 0.6) is 0 Å². The van der Waals surface area contributed by atoms with Gasteiger partial charge in [0.2, 0.25) is 0 Å². The average Bonchev–Trinajstić information content (AvgIpc) is 2.52. The zero-order valence-corrected chi connectivity index (χ0v) is 7.39. The van der Waals surface area contributed by atoms with Crippen LogP contribution in [0.15, 0.2) is 35.5 Å². The van der Waals surface area contributed by atoms with E-state index in [1.54, 1.807) is 0 Å². The topological polar surface area (TPSA) is 0 Å². The van der Waals surface area contributed by atoms with E-state index in [-0.39, 0.29) is 5.57 Å².